The second-order valence-corrected chi connectivity index (χ2v) is 7.22. The number of aromatic nitrogens is 6. The standard InChI is InChI=1S/C19H18F2N8O2/c1-19(20,21)13-6-5-12-16(24-13)17(27(2)3)26-29(18(12)31)9-15(30)23-11-4-7-14-25-22-10-28(14)8-11/h4-8,10H,9H2,1-3H3,(H,23,30). The zero-order chi connectivity index (χ0) is 22.3. The Morgan fingerprint density at radius 2 is 2.00 bits per heavy atom. The third kappa shape index (κ3) is 3.91. The van der Waals surface area contributed by atoms with Crippen LogP contribution >= 0.6 is 0 Å². The Bertz CT molecular complexity index is 1360. The topological polar surface area (TPSA) is 110 Å². The summed E-state index contributed by atoms with van der Waals surface area (Å²) in [6, 6.07) is 5.71. The van der Waals surface area contributed by atoms with E-state index in [9.17, 15) is 18.4 Å². The van der Waals surface area contributed by atoms with E-state index in [1.165, 1.54) is 12.4 Å². The lowest BCUT2D eigenvalue weighted by Gasteiger charge is -2.17. The number of carbonyl (C=O) groups excluding carboxylic acids is 1. The highest BCUT2D eigenvalue weighted by molar-refractivity contribution is 5.91. The normalized spacial score (nSPS) is 11.8. The average Bonchev–Trinajstić information content (AvgIpc) is 3.16. The number of nitrogens with zero attached hydrogens (tertiary/aromatic N) is 7. The molecule has 0 spiro atoms. The molecule has 0 unspecified atom stereocenters. The number of hydrogen-bond acceptors (Lipinski definition) is 7. The first-order chi connectivity index (χ1) is 14.6. The van der Waals surface area contributed by atoms with E-state index in [2.05, 4.69) is 25.6 Å². The molecular weight excluding hydrogens is 410 g/mol. The summed E-state index contributed by atoms with van der Waals surface area (Å²) in [5.41, 5.74) is 0.0671. The molecule has 10 nitrogen and oxygen atoms in total. The molecule has 0 saturated heterocycles. The Morgan fingerprint density at radius 3 is 2.71 bits per heavy atom. The van der Waals surface area contributed by atoms with Gasteiger partial charge in [-0.15, -0.1) is 15.3 Å². The van der Waals surface area contributed by atoms with Crippen LogP contribution in [-0.4, -0.2) is 49.4 Å². The number of nitrogens with one attached hydrogen (secondary N) is 1. The summed E-state index contributed by atoms with van der Waals surface area (Å²) >= 11 is 0. The molecule has 0 aliphatic heterocycles. The molecule has 0 bridgehead atoms. The predicted octanol–water partition coefficient (Wildman–Crippen LogP) is 1.65. The zero-order valence-electron chi connectivity index (χ0n) is 16.9. The number of rotatable bonds is 5. The van der Waals surface area contributed by atoms with Gasteiger partial charge in [0.1, 0.15) is 24.1 Å². The maximum atomic E-state index is 13.7. The smallest absolute Gasteiger partial charge is 0.286 e. The number of carbonyl (C=O) groups is 1. The molecule has 1 amide bonds. The van der Waals surface area contributed by atoms with E-state index in [4.69, 9.17) is 0 Å². The molecule has 4 aromatic heterocycles. The van der Waals surface area contributed by atoms with Crippen LogP contribution in [0.3, 0.4) is 0 Å². The van der Waals surface area contributed by atoms with E-state index in [-0.39, 0.29) is 23.3 Å². The summed E-state index contributed by atoms with van der Waals surface area (Å²) in [6.07, 6.45) is 3.12. The first kappa shape index (κ1) is 20.3. The van der Waals surface area contributed by atoms with Crippen molar-refractivity contribution in [1.82, 2.24) is 29.4 Å². The maximum Gasteiger partial charge on any atom is 0.286 e. The first-order valence-electron chi connectivity index (χ1n) is 9.20. The average molecular weight is 428 g/mol. The third-order valence-electron chi connectivity index (χ3n) is 4.53. The molecule has 0 aliphatic rings. The van der Waals surface area contributed by atoms with Gasteiger partial charge in [-0.3, -0.25) is 14.0 Å². The van der Waals surface area contributed by atoms with Crippen LogP contribution in [0.25, 0.3) is 16.6 Å². The molecule has 0 atom stereocenters. The fourth-order valence-electron chi connectivity index (χ4n) is 3.04. The number of anilines is 2. The van der Waals surface area contributed by atoms with Gasteiger partial charge in [0, 0.05) is 27.2 Å². The van der Waals surface area contributed by atoms with Crippen molar-refractivity contribution >= 4 is 34.0 Å². The largest absolute Gasteiger partial charge is 0.359 e. The minimum atomic E-state index is -3.17. The first-order valence-corrected chi connectivity index (χ1v) is 9.20. The molecule has 4 aromatic rings. The fraction of sp³-hybridized carbons (Fsp3) is 0.263. The van der Waals surface area contributed by atoms with Gasteiger partial charge >= 0.3 is 0 Å². The van der Waals surface area contributed by atoms with Crippen LogP contribution in [0, 0.1) is 0 Å². The molecule has 0 aliphatic carbocycles. The number of alkyl halides is 2. The van der Waals surface area contributed by atoms with Crippen molar-refractivity contribution in [3.63, 3.8) is 0 Å². The van der Waals surface area contributed by atoms with Gasteiger partial charge in [-0.25, -0.2) is 9.67 Å². The van der Waals surface area contributed by atoms with Crippen LogP contribution in [0.5, 0.6) is 0 Å². The van der Waals surface area contributed by atoms with Crippen LogP contribution in [0.4, 0.5) is 20.3 Å². The molecule has 160 valence electrons. The summed E-state index contributed by atoms with van der Waals surface area (Å²) in [6.45, 7) is 0.355. The molecule has 12 heteroatoms. The van der Waals surface area contributed by atoms with Gasteiger partial charge in [0.25, 0.3) is 11.5 Å². The Labute approximate surface area is 174 Å². The highest BCUT2D eigenvalue weighted by Gasteiger charge is 2.27. The summed E-state index contributed by atoms with van der Waals surface area (Å²) in [5, 5.41) is 14.6. The number of hydrogen-bond donors (Lipinski definition) is 1. The van der Waals surface area contributed by atoms with E-state index in [1.807, 2.05) is 0 Å². The zero-order valence-corrected chi connectivity index (χ0v) is 16.9. The van der Waals surface area contributed by atoms with Crippen molar-refractivity contribution in [2.75, 3.05) is 24.3 Å². The highest BCUT2D eigenvalue weighted by atomic mass is 19.3. The van der Waals surface area contributed by atoms with Crippen molar-refractivity contribution in [2.45, 2.75) is 19.4 Å². The number of halogens is 2. The summed E-state index contributed by atoms with van der Waals surface area (Å²) in [5.74, 6) is -3.46. The number of pyridine rings is 2. The van der Waals surface area contributed by atoms with Gasteiger partial charge in [-0.1, -0.05) is 0 Å². The Balaban J connectivity index is 1.68. The summed E-state index contributed by atoms with van der Waals surface area (Å²) in [4.78, 5) is 30.9. The van der Waals surface area contributed by atoms with Crippen molar-refractivity contribution < 1.29 is 13.6 Å². The quantitative estimate of drug-likeness (QED) is 0.515. The fourth-order valence-corrected chi connectivity index (χ4v) is 3.04. The van der Waals surface area contributed by atoms with Gasteiger partial charge in [-0.2, -0.15) is 8.78 Å². The maximum absolute atomic E-state index is 13.7. The Morgan fingerprint density at radius 1 is 1.23 bits per heavy atom. The molecule has 1 N–H and O–H groups in total. The molecule has 4 rings (SSSR count). The van der Waals surface area contributed by atoms with Gasteiger partial charge < -0.3 is 10.2 Å². The van der Waals surface area contributed by atoms with Crippen LogP contribution < -0.4 is 15.8 Å². The van der Waals surface area contributed by atoms with Crippen molar-refractivity contribution in [3.8, 4) is 0 Å². The third-order valence-corrected chi connectivity index (χ3v) is 4.53. The molecule has 0 saturated carbocycles. The van der Waals surface area contributed by atoms with E-state index in [0.29, 0.717) is 11.3 Å². The lowest BCUT2D eigenvalue weighted by Crippen LogP contribution is -2.32. The second-order valence-electron chi connectivity index (χ2n) is 7.22. The number of fused-ring (bicyclic) bond motifs is 2. The van der Waals surface area contributed by atoms with E-state index in [0.717, 1.165) is 17.7 Å². The van der Waals surface area contributed by atoms with E-state index in [1.54, 1.807) is 41.7 Å². The molecule has 0 aromatic carbocycles. The summed E-state index contributed by atoms with van der Waals surface area (Å²) < 4.78 is 30.0. The molecular formula is C19H18F2N8O2. The van der Waals surface area contributed by atoms with Crippen molar-refractivity contribution in [1.29, 1.82) is 0 Å². The molecule has 0 fully saturated rings. The van der Waals surface area contributed by atoms with Crippen LogP contribution in [0.2, 0.25) is 0 Å². The molecule has 0 radical (unpaired) electrons. The predicted molar refractivity (Wildman–Crippen MR) is 109 cm³/mol. The minimum Gasteiger partial charge on any atom is -0.359 e. The second kappa shape index (κ2) is 7.38. The van der Waals surface area contributed by atoms with E-state index >= 15 is 0 Å². The van der Waals surface area contributed by atoms with Crippen LogP contribution in [0.1, 0.15) is 12.6 Å². The van der Waals surface area contributed by atoms with Gasteiger partial charge in [0.15, 0.2) is 11.5 Å². The van der Waals surface area contributed by atoms with Crippen LogP contribution in [0.15, 0.2) is 41.6 Å². The minimum absolute atomic E-state index is 0.0451. The van der Waals surface area contributed by atoms with Crippen molar-refractivity contribution in [3.05, 3.63) is 52.8 Å². The lowest BCUT2D eigenvalue weighted by molar-refractivity contribution is -0.117. The van der Waals surface area contributed by atoms with Gasteiger partial charge in [0.05, 0.1) is 11.1 Å². The van der Waals surface area contributed by atoms with Crippen LogP contribution in [-0.2, 0) is 17.3 Å². The Kier molecular flexibility index (Phi) is 4.84. The lowest BCUT2D eigenvalue weighted by atomic mass is 10.2. The SMILES string of the molecule is CN(C)c1nn(CC(=O)Nc2ccc3nncn3c2)c(=O)c2ccc(C(C)(F)F)nc12. The monoisotopic (exact) mass is 428 g/mol. The van der Waals surface area contributed by atoms with E-state index < -0.39 is 23.1 Å². The molecule has 31 heavy (non-hydrogen) atoms. The molecule has 4 heterocycles. The van der Waals surface area contributed by atoms with Crippen molar-refractivity contribution in [2.24, 2.45) is 0 Å². The summed E-state index contributed by atoms with van der Waals surface area (Å²) in [7, 11) is 3.28. The van der Waals surface area contributed by atoms with Gasteiger partial charge in [-0.05, 0) is 24.3 Å². The number of amides is 1. The highest BCUT2D eigenvalue weighted by Crippen LogP contribution is 2.28. The van der Waals surface area contributed by atoms with Gasteiger partial charge in [0.2, 0.25) is 5.91 Å². The Hall–Kier alpha value is -3.96.